The molecule has 0 atom stereocenters. The molecule has 0 aromatic heterocycles. The Bertz CT molecular complexity index is 1380. The zero-order valence-corrected chi connectivity index (χ0v) is 20.4. The summed E-state index contributed by atoms with van der Waals surface area (Å²) < 4.78 is 0. The molecule has 0 heteroatoms. The van der Waals surface area contributed by atoms with Crippen molar-refractivity contribution in [2.24, 2.45) is 0 Å². The van der Waals surface area contributed by atoms with Crippen LogP contribution in [0.4, 0.5) is 0 Å². The molecule has 4 aromatic carbocycles. The Morgan fingerprint density at radius 1 is 0.500 bits per heavy atom. The number of fused-ring (bicyclic) bond motifs is 3. The number of benzene rings is 4. The van der Waals surface area contributed by atoms with E-state index >= 15 is 0 Å². The van der Waals surface area contributed by atoms with Crippen LogP contribution in [0.2, 0.25) is 0 Å². The maximum atomic E-state index is 2.43. The highest BCUT2D eigenvalue weighted by molar-refractivity contribution is 5.86. The lowest BCUT2D eigenvalue weighted by Gasteiger charge is -2.23. The lowest BCUT2D eigenvalue weighted by molar-refractivity contribution is 0.660. The molecule has 0 heterocycles. The number of aryl methyl sites for hydroxylation is 4. The van der Waals surface area contributed by atoms with Gasteiger partial charge < -0.3 is 0 Å². The summed E-state index contributed by atoms with van der Waals surface area (Å²) in [4.78, 5) is 0. The van der Waals surface area contributed by atoms with Crippen LogP contribution in [-0.2, 0) is 5.41 Å². The molecule has 0 saturated heterocycles. The molecular formula is C32H32. The van der Waals surface area contributed by atoms with Crippen LogP contribution in [0.5, 0.6) is 0 Å². The van der Waals surface area contributed by atoms with E-state index < -0.39 is 0 Å². The van der Waals surface area contributed by atoms with Crippen molar-refractivity contribution in [3.05, 3.63) is 106 Å². The smallest absolute Gasteiger partial charge is 0.0159 e. The Balaban J connectivity index is 1.66. The van der Waals surface area contributed by atoms with Gasteiger partial charge in [0.15, 0.2) is 0 Å². The van der Waals surface area contributed by atoms with E-state index in [1.165, 1.54) is 72.3 Å². The summed E-state index contributed by atoms with van der Waals surface area (Å²) in [7, 11) is 0. The Hall–Kier alpha value is -3.12. The van der Waals surface area contributed by atoms with Gasteiger partial charge in [-0.05, 0) is 107 Å². The van der Waals surface area contributed by atoms with Crippen LogP contribution in [0.15, 0.2) is 66.7 Å². The van der Waals surface area contributed by atoms with Gasteiger partial charge in [0.2, 0.25) is 0 Å². The molecule has 0 radical (unpaired) electrons. The van der Waals surface area contributed by atoms with E-state index in [-0.39, 0.29) is 5.41 Å². The first-order chi connectivity index (χ1) is 15.2. The van der Waals surface area contributed by atoms with Crippen LogP contribution in [0, 0.1) is 34.6 Å². The molecule has 0 aliphatic heterocycles. The third-order valence-electron chi connectivity index (χ3n) is 7.61. The summed E-state index contributed by atoms with van der Waals surface area (Å²) in [5.74, 6) is 0. The normalized spacial score (nSPS) is 13.7. The molecule has 32 heavy (non-hydrogen) atoms. The van der Waals surface area contributed by atoms with Crippen molar-refractivity contribution in [3.8, 4) is 33.4 Å². The van der Waals surface area contributed by atoms with E-state index in [2.05, 4.69) is 115 Å². The van der Waals surface area contributed by atoms with Crippen LogP contribution >= 0.6 is 0 Å². The van der Waals surface area contributed by atoms with Crippen molar-refractivity contribution < 1.29 is 0 Å². The van der Waals surface area contributed by atoms with Crippen LogP contribution in [0.3, 0.4) is 0 Å². The van der Waals surface area contributed by atoms with E-state index in [0.29, 0.717) is 0 Å². The highest BCUT2D eigenvalue weighted by Gasteiger charge is 2.35. The summed E-state index contributed by atoms with van der Waals surface area (Å²) in [6, 6.07) is 25.4. The van der Waals surface area contributed by atoms with Gasteiger partial charge in [-0.25, -0.2) is 0 Å². The molecule has 4 aromatic rings. The highest BCUT2D eigenvalue weighted by atomic mass is 14.4. The summed E-state index contributed by atoms with van der Waals surface area (Å²) in [6.45, 7) is 15.8. The topological polar surface area (TPSA) is 0 Å². The third kappa shape index (κ3) is 3.05. The molecule has 0 unspecified atom stereocenters. The molecule has 0 saturated carbocycles. The minimum absolute atomic E-state index is 0.0167. The number of rotatable bonds is 2. The fraction of sp³-hybridized carbons (Fsp3) is 0.250. The third-order valence-corrected chi connectivity index (χ3v) is 7.61. The van der Waals surface area contributed by atoms with Crippen molar-refractivity contribution in [1.29, 1.82) is 0 Å². The van der Waals surface area contributed by atoms with Gasteiger partial charge in [-0.1, -0.05) is 80.1 Å². The molecule has 1 aliphatic rings. The molecule has 0 spiro atoms. The minimum atomic E-state index is 0.0167. The molecular weight excluding hydrogens is 384 g/mol. The van der Waals surface area contributed by atoms with Gasteiger partial charge in [-0.3, -0.25) is 0 Å². The molecule has 0 bridgehead atoms. The van der Waals surface area contributed by atoms with Gasteiger partial charge in [0.1, 0.15) is 0 Å². The summed E-state index contributed by atoms with van der Waals surface area (Å²) in [6.07, 6.45) is 0. The standard InChI is InChI=1S/C32H32/c1-19-11-13-27-28-14-12-24(18-31(28)32(6,7)30(27)15-19)25-9-8-10-26(23(25)5)29-17-21(3)20(2)16-22(29)4/h8-18H,1-7H3. The number of hydrogen-bond donors (Lipinski definition) is 0. The van der Waals surface area contributed by atoms with Crippen molar-refractivity contribution in [1.82, 2.24) is 0 Å². The molecule has 0 N–H and O–H groups in total. The maximum Gasteiger partial charge on any atom is 0.0159 e. The predicted molar refractivity (Wildman–Crippen MR) is 139 cm³/mol. The second-order valence-corrected chi connectivity index (χ2v) is 10.2. The van der Waals surface area contributed by atoms with E-state index in [4.69, 9.17) is 0 Å². The second-order valence-electron chi connectivity index (χ2n) is 10.2. The molecule has 0 nitrogen and oxygen atoms in total. The van der Waals surface area contributed by atoms with Crippen molar-refractivity contribution in [2.75, 3.05) is 0 Å². The monoisotopic (exact) mass is 416 g/mol. The lowest BCUT2D eigenvalue weighted by atomic mass is 9.80. The van der Waals surface area contributed by atoms with Gasteiger partial charge in [-0.15, -0.1) is 0 Å². The second kappa shape index (κ2) is 7.20. The van der Waals surface area contributed by atoms with Crippen molar-refractivity contribution in [3.63, 3.8) is 0 Å². The van der Waals surface area contributed by atoms with Crippen LogP contribution < -0.4 is 0 Å². The zero-order valence-electron chi connectivity index (χ0n) is 20.4. The van der Waals surface area contributed by atoms with E-state index in [9.17, 15) is 0 Å². The summed E-state index contributed by atoms with van der Waals surface area (Å²) >= 11 is 0. The Labute approximate surface area is 193 Å². The van der Waals surface area contributed by atoms with Crippen molar-refractivity contribution in [2.45, 2.75) is 53.9 Å². The summed E-state index contributed by atoms with van der Waals surface area (Å²) in [5, 5.41) is 0. The fourth-order valence-corrected chi connectivity index (χ4v) is 5.51. The molecule has 1 aliphatic carbocycles. The average Bonchev–Trinajstić information content (AvgIpc) is 2.97. The lowest BCUT2D eigenvalue weighted by Crippen LogP contribution is -2.15. The van der Waals surface area contributed by atoms with E-state index in [1.807, 2.05) is 0 Å². The Morgan fingerprint density at radius 3 is 1.88 bits per heavy atom. The molecule has 0 amide bonds. The van der Waals surface area contributed by atoms with Crippen molar-refractivity contribution >= 4 is 0 Å². The minimum Gasteiger partial charge on any atom is -0.0610 e. The number of hydrogen-bond acceptors (Lipinski definition) is 0. The summed E-state index contributed by atoms with van der Waals surface area (Å²) in [5.41, 5.74) is 17.7. The molecule has 0 fully saturated rings. The van der Waals surface area contributed by atoms with Gasteiger partial charge in [0, 0.05) is 5.41 Å². The quantitative estimate of drug-likeness (QED) is 0.306. The van der Waals surface area contributed by atoms with Gasteiger partial charge >= 0.3 is 0 Å². The van der Waals surface area contributed by atoms with Crippen LogP contribution in [0.25, 0.3) is 33.4 Å². The highest BCUT2D eigenvalue weighted by Crippen LogP contribution is 2.50. The Morgan fingerprint density at radius 2 is 1.12 bits per heavy atom. The SMILES string of the molecule is Cc1ccc2c(c1)C(C)(C)c1cc(-c3cccc(-c4cc(C)c(C)cc4C)c3C)ccc1-2. The van der Waals surface area contributed by atoms with E-state index in [0.717, 1.165) is 0 Å². The first kappa shape index (κ1) is 20.8. The fourth-order valence-electron chi connectivity index (χ4n) is 5.51. The zero-order chi connectivity index (χ0) is 22.8. The van der Waals surface area contributed by atoms with E-state index in [1.54, 1.807) is 0 Å². The maximum absolute atomic E-state index is 2.43. The predicted octanol–water partition coefficient (Wildman–Crippen LogP) is 8.87. The molecule has 5 rings (SSSR count). The van der Waals surface area contributed by atoms with Gasteiger partial charge in [0.05, 0.1) is 0 Å². The Kier molecular flexibility index (Phi) is 4.67. The molecule has 160 valence electrons. The first-order valence-electron chi connectivity index (χ1n) is 11.6. The average molecular weight is 417 g/mol. The first-order valence-corrected chi connectivity index (χ1v) is 11.6. The largest absolute Gasteiger partial charge is 0.0610 e. The van der Waals surface area contributed by atoms with Crippen LogP contribution in [0.1, 0.15) is 52.8 Å². The van der Waals surface area contributed by atoms with Crippen LogP contribution in [-0.4, -0.2) is 0 Å². The van der Waals surface area contributed by atoms with Gasteiger partial charge in [0.25, 0.3) is 0 Å². The van der Waals surface area contributed by atoms with Gasteiger partial charge in [-0.2, -0.15) is 0 Å².